The molecule has 1 saturated heterocycles. The first kappa shape index (κ1) is 16.5. The lowest BCUT2D eigenvalue weighted by Crippen LogP contribution is -2.38. The van der Waals surface area contributed by atoms with Crippen LogP contribution in [0, 0.1) is 22.5 Å². The van der Waals surface area contributed by atoms with Gasteiger partial charge in [0.25, 0.3) is 11.2 Å². The summed E-state index contributed by atoms with van der Waals surface area (Å²) in [6, 6.07) is 0. The van der Waals surface area contributed by atoms with E-state index in [0.717, 1.165) is 12.8 Å². The first-order valence-corrected chi connectivity index (χ1v) is 8.05. The molecule has 0 aliphatic carbocycles. The van der Waals surface area contributed by atoms with Crippen LogP contribution in [0.1, 0.15) is 18.4 Å². The van der Waals surface area contributed by atoms with Crippen LogP contribution in [-0.4, -0.2) is 28.5 Å². The predicted octanol–water partition coefficient (Wildman–Crippen LogP) is 2.55. The maximum atomic E-state index is 12.3. The molecule has 0 amide bonds. The fraction of sp³-hybridized carbons (Fsp3) is 0.615. The summed E-state index contributed by atoms with van der Waals surface area (Å²) in [6.45, 7) is 3.24. The first-order valence-electron chi connectivity index (χ1n) is 6.63. The minimum absolute atomic E-state index is 0.0529. The molecular formula is C13H17BrN2O4S. The van der Waals surface area contributed by atoms with Crippen molar-refractivity contribution in [3.8, 4) is 0 Å². The molecule has 0 unspecified atom stereocenters. The van der Waals surface area contributed by atoms with Gasteiger partial charge in [-0.3, -0.25) is 14.9 Å². The van der Waals surface area contributed by atoms with Crippen molar-refractivity contribution in [2.75, 3.05) is 19.0 Å². The van der Waals surface area contributed by atoms with Crippen molar-refractivity contribution in [2.24, 2.45) is 5.41 Å². The summed E-state index contributed by atoms with van der Waals surface area (Å²) in [7, 11) is 0. The highest BCUT2D eigenvalue weighted by atomic mass is 79.9. The van der Waals surface area contributed by atoms with Gasteiger partial charge in [0.1, 0.15) is 0 Å². The van der Waals surface area contributed by atoms with Crippen molar-refractivity contribution in [3.63, 3.8) is 0 Å². The number of halogens is 1. The van der Waals surface area contributed by atoms with E-state index in [1.807, 2.05) is 0 Å². The maximum absolute atomic E-state index is 12.3. The molecular weight excluding hydrogens is 360 g/mol. The highest BCUT2D eigenvalue weighted by Gasteiger charge is 2.33. The summed E-state index contributed by atoms with van der Waals surface area (Å²) in [5, 5.41) is 11.1. The molecule has 0 spiro atoms. The van der Waals surface area contributed by atoms with Crippen molar-refractivity contribution in [1.82, 2.24) is 4.57 Å². The van der Waals surface area contributed by atoms with Gasteiger partial charge >= 0.3 is 0 Å². The van der Waals surface area contributed by atoms with Crippen molar-refractivity contribution < 1.29 is 9.66 Å². The van der Waals surface area contributed by atoms with Gasteiger partial charge in [0.05, 0.1) is 15.6 Å². The van der Waals surface area contributed by atoms with Crippen LogP contribution in [0.2, 0.25) is 0 Å². The molecule has 2 rings (SSSR count). The van der Waals surface area contributed by atoms with Gasteiger partial charge in [-0.15, -0.1) is 0 Å². The monoisotopic (exact) mass is 376 g/mol. The summed E-state index contributed by atoms with van der Waals surface area (Å²) in [6.07, 6.45) is 2.92. The molecule has 2 heterocycles. The standard InChI is InChI=1S/C13H17BrN2O4S/c1-9-10(16(18)19)6-15(12(17)11(9)14)7-13(8-21)2-4-20-5-3-13/h6,21H,2-5,7-8H2,1H3. The fourth-order valence-corrected chi connectivity index (χ4v) is 3.38. The molecule has 0 saturated carbocycles. The Kier molecular flexibility index (Phi) is 5.11. The summed E-state index contributed by atoms with van der Waals surface area (Å²) >= 11 is 7.58. The van der Waals surface area contributed by atoms with E-state index in [2.05, 4.69) is 28.6 Å². The van der Waals surface area contributed by atoms with Crippen LogP contribution in [0.25, 0.3) is 0 Å². The maximum Gasteiger partial charge on any atom is 0.289 e. The van der Waals surface area contributed by atoms with Crippen LogP contribution in [0.4, 0.5) is 5.69 Å². The highest BCUT2D eigenvalue weighted by molar-refractivity contribution is 9.10. The van der Waals surface area contributed by atoms with Gasteiger partial charge in [0, 0.05) is 30.7 Å². The first-order chi connectivity index (χ1) is 9.90. The average Bonchev–Trinajstić information content (AvgIpc) is 2.48. The molecule has 1 aliphatic heterocycles. The Hall–Kier alpha value is -0.860. The molecule has 0 aromatic carbocycles. The van der Waals surface area contributed by atoms with Crippen molar-refractivity contribution in [1.29, 1.82) is 0 Å². The molecule has 1 aromatic heterocycles. The van der Waals surface area contributed by atoms with Crippen molar-refractivity contribution in [3.05, 3.63) is 36.7 Å². The molecule has 21 heavy (non-hydrogen) atoms. The normalized spacial score (nSPS) is 17.7. The number of thiol groups is 1. The zero-order valence-corrected chi connectivity index (χ0v) is 14.2. The molecule has 0 bridgehead atoms. The molecule has 8 heteroatoms. The number of pyridine rings is 1. The Morgan fingerprint density at radius 1 is 1.52 bits per heavy atom. The van der Waals surface area contributed by atoms with Gasteiger partial charge < -0.3 is 9.30 Å². The van der Waals surface area contributed by atoms with Gasteiger partial charge in [-0.25, -0.2) is 0 Å². The summed E-state index contributed by atoms with van der Waals surface area (Å²) in [4.78, 5) is 23.0. The van der Waals surface area contributed by atoms with Crippen molar-refractivity contribution in [2.45, 2.75) is 26.3 Å². The van der Waals surface area contributed by atoms with Gasteiger partial charge in [0.2, 0.25) is 0 Å². The minimum Gasteiger partial charge on any atom is -0.381 e. The molecule has 1 aromatic rings. The summed E-state index contributed by atoms with van der Waals surface area (Å²) in [5.41, 5.74) is -0.102. The van der Waals surface area contributed by atoms with Crippen LogP contribution < -0.4 is 5.56 Å². The molecule has 0 radical (unpaired) electrons. The zero-order valence-electron chi connectivity index (χ0n) is 11.7. The molecule has 0 atom stereocenters. The van der Waals surface area contributed by atoms with Crippen LogP contribution in [0.5, 0.6) is 0 Å². The van der Waals surface area contributed by atoms with Gasteiger partial charge in [-0.05, 0) is 41.4 Å². The molecule has 1 fully saturated rings. The third-order valence-corrected chi connectivity index (χ3v) is 5.64. The zero-order chi connectivity index (χ0) is 15.6. The second-order valence-corrected chi connectivity index (χ2v) is 6.52. The molecule has 6 nitrogen and oxygen atoms in total. The second kappa shape index (κ2) is 6.50. The number of hydrogen-bond acceptors (Lipinski definition) is 5. The quantitative estimate of drug-likeness (QED) is 0.497. The number of nitro groups is 1. The van der Waals surface area contributed by atoms with E-state index in [9.17, 15) is 14.9 Å². The topological polar surface area (TPSA) is 74.4 Å². The third kappa shape index (κ3) is 3.32. The Labute approximate surface area is 136 Å². The lowest BCUT2D eigenvalue weighted by Gasteiger charge is -2.36. The average molecular weight is 377 g/mol. The third-order valence-electron chi connectivity index (χ3n) is 4.03. The SMILES string of the molecule is Cc1c([N+](=O)[O-])cn(CC2(CS)CCOCC2)c(=O)c1Br. The van der Waals surface area contributed by atoms with Gasteiger partial charge in [-0.1, -0.05) is 0 Å². The highest BCUT2D eigenvalue weighted by Crippen LogP contribution is 2.34. The molecule has 1 aliphatic rings. The Morgan fingerprint density at radius 3 is 2.67 bits per heavy atom. The van der Waals surface area contributed by atoms with Crippen LogP contribution in [-0.2, 0) is 11.3 Å². The van der Waals surface area contributed by atoms with E-state index in [1.165, 1.54) is 10.8 Å². The second-order valence-electron chi connectivity index (χ2n) is 5.41. The number of ether oxygens (including phenoxy) is 1. The smallest absolute Gasteiger partial charge is 0.289 e. The number of nitrogens with zero attached hydrogens (tertiary/aromatic N) is 2. The van der Waals surface area contributed by atoms with Gasteiger partial charge in [0.15, 0.2) is 0 Å². The Morgan fingerprint density at radius 2 is 2.14 bits per heavy atom. The summed E-state index contributed by atoms with van der Waals surface area (Å²) in [5.74, 6) is 0.613. The van der Waals surface area contributed by atoms with E-state index in [0.29, 0.717) is 31.1 Å². The summed E-state index contributed by atoms with van der Waals surface area (Å²) < 4.78 is 7.04. The van der Waals surface area contributed by atoms with E-state index in [-0.39, 0.29) is 21.1 Å². The lowest BCUT2D eigenvalue weighted by atomic mass is 9.82. The van der Waals surface area contributed by atoms with Gasteiger partial charge in [-0.2, -0.15) is 12.6 Å². The lowest BCUT2D eigenvalue weighted by molar-refractivity contribution is -0.386. The number of rotatable bonds is 4. The Balaban J connectivity index is 2.44. The van der Waals surface area contributed by atoms with E-state index < -0.39 is 4.92 Å². The van der Waals surface area contributed by atoms with Crippen LogP contribution in [0.3, 0.4) is 0 Å². The molecule has 116 valence electrons. The van der Waals surface area contributed by atoms with E-state index >= 15 is 0 Å². The fourth-order valence-electron chi connectivity index (χ4n) is 2.54. The van der Waals surface area contributed by atoms with Crippen LogP contribution in [0.15, 0.2) is 15.5 Å². The van der Waals surface area contributed by atoms with E-state index in [4.69, 9.17) is 4.74 Å². The van der Waals surface area contributed by atoms with E-state index in [1.54, 1.807) is 6.92 Å². The van der Waals surface area contributed by atoms with Crippen LogP contribution >= 0.6 is 28.6 Å². The molecule has 0 N–H and O–H groups in total. The number of hydrogen-bond donors (Lipinski definition) is 1. The Bertz CT molecular complexity index is 611. The minimum atomic E-state index is -0.465. The van der Waals surface area contributed by atoms with Crippen molar-refractivity contribution >= 4 is 34.2 Å². The largest absolute Gasteiger partial charge is 0.381 e. The number of aromatic nitrogens is 1. The predicted molar refractivity (Wildman–Crippen MR) is 86.1 cm³/mol.